The summed E-state index contributed by atoms with van der Waals surface area (Å²) in [6.45, 7) is 0. The number of hydrogen-bond donors (Lipinski definition) is 0. The molecule has 0 radical (unpaired) electrons. The van der Waals surface area contributed by atoms with Gasteiger partial charge in [0, 0.05) is 53.5 Å². The van der Waals surface area contributed by atoms with Crippen molar-refractivity contribution < 1.29 is 0 Å². The van der Waals surface area contributed by atoms with Gasteiger partial charge in [-0.25, -0.2) is 0 Å². The number of hydrogen-bond acceptors (Lipinski definition) is 3. The van der Waals surface area contributed by atoms with E-state index in [1.807, 2.05) is 37.2 Å². The SMILES string of the molecule is c1ccc(-n2c3ccc(-c4ccncc4)cc3c3cc(-c4ccncc4)ccc32)c(-c2ccncc2)c1. The second kappa shape index (κ2) is 8.85. The van der Waals surface area contributed by atoms with Crippen molar-refractivity contribution in [2.75, 3.05) is 0 Å². The average Bonchev–Trinajstić information content (AvgIpc) is 3.31. The fourth-order valence-corrected chi connectivity index (χ4v) is 5.17. The Labute approximate surface area is 214 Å². The van der Waals surface area contributed by atoms with Crippen LogP contribution in [0.15, 0.2) is 134 Å². The number of rotatable bonds is 4. The van der Waals surface area contributed by atoms with Gasteiger partial charge in [0.05, 0.1) is 16.7 Å². The molecule has 7 rings (SSSR count). The number of fused-ring (bicyclic) bond motifs is 3. The maximum absolute atomic E-state index is 4.22. The van der Waals surface area contributed by atoms with E-state index >= 15 is 0 Å². The molecule has 0 unspecified atom stereocenters. The van der Waals surface area contributed by atoms with Crippen molar-refractivity contribution in [3.8, 4) is 39.1 Å². The largest absolute Gasteiger partial charge is 0.309 e. The molecule has 4 heteroatoms. The molecule has 0 N–H and O–H groups in total. The summed E-state index contributed by atoms with van der Waals surface area (Å²) in [5.74, 6) is 0. The maximum Gasteiger partial charge on any atom is 0.0541 e. The molecule has 7 aromatic rings. The molecule has 0 saturated heterocycles. The van der Waals surface area contributed by atoms with Crippen molar-refractivity contribution in [3.05, 3.63) is 134 Å². The van der Waals surface area contributed by atoms with Crippen LogP contribution < -0.4 is 0 Å². The normalized spacial score (nSPS) is 11.2. The summed E-state index contributed by atoms with van der Waals surface area (Å²) in [5, 5.41) is 2.43. The van der Waals surface area contributed by atoms with E-state index in [1.54, 1.807) is 0 Å². The van der Waals surface area contributed by atoms with Gasteiger partial charge in [-0.15, -0.1) is 0 Å². The van der Waals surface area contributed by atoms with Crippen LogP contribution in [0, 0.1) is 0 Å². The van der Waals surface area contributed by atoms with Crippen LogP contribution in [0.1, 0.15) is 0 Å². The zero-order valence-electron chi connectivity index (χ0n) is 20.0. The Bertz CT molecular complexity index is 1760. The molecule has 37 heavy (non-hydrogen) atoms. The van der Waals surface area contributed by atoms with Crippen molar-refractivity contribution in [1.29, 1.82) is 0 Å². The van der Waals surface area contributed by atoms with Gasteiger partial charge in [-0.3, -0.25) is 15.0 Å². The van der Waals surface area contributed by atoms with Gasteiger partial charge in [-0.2, -0.15) is 0 Å². The lowest BCUT2D eigenvalue weighted by Gasteiger charge is -2.14. The minimum atomic E-state index is 1.14. The van der Waals surface area contributed by atoms with E-state index in [0.717, 1.165) is 22.4 Å². The third-order valence-electron chi connectivity index (χ3n) is 6.93. The molecule has 0 saturated carbocycles. The Balaban J connectivity index is 1.55. The number of pyridine rings is 3. The molecule has 0 atom stereocenters. The van der Waals surface area contributed by atoms with Crippen LogP contribution in [0.2, 0.25) is 0 Å². The zero-order valence-corrected chi connectivity index (χ0v) is 20.0. The summed E-state index contributed by atoms with van der Waals surface area (Å²) in [7, 11) is 0. The van der Waals surface area contributed by atoms with E-state index < -0.39 is 0 Å². The number of para-hydroxylation sites is 1. The summed E-state index contributed by atoms with van der Waals surface area (Å²) in [5.41, 5.74) is 10.4. The Morgan fingerprint density at radius 2 is 0.865 bits per heavy atom. The second-order valence-corrected chi connectivity index (χ2v) is 9.02. The highest BCUT2D eigenvalue weighted by atomic mass is 15.0. The van der Waals surface area contributed by atoms with Crippen LogP contribution in [0.5, 0.6) is 0 Å². The van der Waals surface area contributed by atoms with E-state index in [-0.39, 0.29) is 0 Å². The van der Waals surface area contributed by atoms with Gasteiger partial charge in [0.15, 0.2) is 0 Å². The first kappa shape index (κ1) is 21.2. The Morgan fingerprint density at radius 1 is 0.405 bits per heavy atom. The van der Waals surface area contributed by atoms with Gasteiger partial charge in [0.1, 0.15) is 0 Å². The van der Waals surface area contributed by atoms with Crippen molar-refractivity contribution >= 4 is 21.8 Å². The number of nitrogens with zero attached hydrogens (tertiary/aromatic N) is 4. The zero-order chi connectivity index (χ0) is 24.6. The summed E-state index contributed by atoms with van der Waals surface area (Å²) in [6, 6.07) is 34.4. The summed E-state index contributed by atoms with van der Waals surface area (Å²) in [6.07, 6.45) is 11.1. The van der Waals surface area contributed by atoms with Gasteiger partial charge in [0.2, 0.25) is 0 Å². The van der Waals surface area contributed by atoms with Gasteiger partial charge >= 0.3 is 0 Å². The number of aromatic nitrogens is 4. The molecule has 0 aliphatic carbocycles. The summed E-state index contributed by atoms with van der Waals surface area (Å²) >= 11 is 0. The molecule has 3 aromatic carbocycles. The van der Waals surface area contributed by atoms with Crippen molar-refractivity contribution in [3.63, 3.8) is 0 Å². The fraction of sp³-hybridized carbons (Fsp3) is 0. The predicted octanol–water partition coefficient (Wildman–Crippen LogP) is 7.97. The molecular weight excluding hydrogens is 452 g/mol. The van der Waals surface area contributed by atoms with Crippen LogP contribution in [-0.4, -0.2) is 19.5 Å². The smallest absolute Gasteiger partial charge is 0.0541 e. The average molecular weight is 475 g/mol. The van der Waals surface area contributed by atoms with E-state index in [1.165, 1.54) is 38.5 Å². The van der Waals surface area contributed by atoms with Gasteiger partial charge in [-0.05, 0) is 94.5 Å². The first-order valence-corrected chi connectivity index (χ1v) is 12.3. The standard InChI is InChI=1S/C33H22N4/c1-2-4-31(28(3-1)25-13-19-36-20-14-25)37-32-7-5-26(23-9-15-34-16-10-23)21-29(32)30-22-27(6-8-33(30)37)24-11-17-35-18-12-24/h1-22H. The van der Waals surface area contributed by atoms with Gasteiger partial charge < -0.3 is 4.57 Å². The molecule has 0 bridgehead atoms. The summed E-state index contributed by atoms with van der Waals surface area (Å²) < 4.78 is 2.38. The van der Waals surface area contributed by atoms with Crippen LogP contribution >= 0.6 is 0 Å². The molecule has 4 aromatic heterocycles. The molecule has 4 heterocycles. The van der Waals surface area contributed by atoms with Gasteiger partial charge in [-0.1, -0.05) is 30.3 Å². The van der Waals surface area contributed by atoms with Crippen molar-refractivity contribution in [1.82, 2.24) is 19.5 Å². The molecule has 0 amide bonds. The molecule has 0 aliphatic rings. The van der Waals surface area contributed by atoms with E-state index in [0.29, 0.717) is 0 Å². The monoisotopic (exact) mass is 474 g/mol. The van der Waals surface area contributed by atoms with E-state index in [9.17, 15) is 0 Å². The highest BCUT2D eigenvalue weighted by Gasteiger charge is 2.17. The maximum atomic E-state index is 4.22. The third kappa shape index (κ3) is 3.67. The lowest BCUT2D eigenvalue weighted by molar-refractivity contribution is 1.18. The van der Waals surface area contributed by atoms with Crippen LogP contribution in [0.25, 0.3) is 60.9 Å². The quantitative estimate of drug-likeness (QED) is 0.260. The van der Waals surface area contributed by atoms with Crippen LogP contribution in [0.3, 0.4) is 0 Å². The highest BCUT2D eigenvalue weighted by Crippen LogP contribution is 2.39. The topological polar surface area (TPSA) is 43.6 Å². The Kier molecular flexibility index (Phi) is 5.07. The first-order chi connectivity index (χ1) is 18.4. The second-order valence-electron chi connectivity index (χ2n) is 9.02. The predicted molar refractivity (Wildman–Crippen MR) is 150 cm³/mol. The third-order valence-corrected chi connectivity index (χ3v) is 6.93. The summed E-state index contributed by atoms with van der Waals surface area (Å²) in [4.78, 5) is 12.6. The van der Waals surface area contributed by atoms with Crippen molar-refractivity contribution in [2.24, 2.45) is 0 Å². The van der Waals surface area contributed by atoms with Crippen LogP contribution in [-0.2, 0) is 0 Å². The molecule has 0 spiro atoms. The Hall–Kier alpha value is -5.09. The lowest BCUT2D eigenvalue weighted by Crippen LogP contribution is -1.97. The molecule has 4 nitrogen and oxygen atoms in total. The lowest BCUT2D eigenvalue weighted by atomic mass is 10.0. The van der Waals surface area contributed by atoms with Crippen LogP contribution in [0.4, 0.5) is 0 Å². The van der Waals surface area contributed by atoms with E-state index in [2.05, 4.69) is 117 Å². The molecular formula is C33H22N4. The fourth-order valence-electron chi connectivity index (χ4n) is 5.17. The highest BCUT2D eigenvalue weighted by molar-refractivity contribution is 6.12. The van der Waals surface area contributed by atoms with Gasteiger partial charge in [0.25, 0.3) is 0 Å². The first-order valence-electron chi connectivity index (χ1n) is 12.3. The molecule has 0 aliphatic heterocycles. The molecule has 0 fully saturated rings. The minimum absolute atomic E-state index is 1.14. The molecule has 174 valence electrons. The number of benzene rings is 3. The van der Waals surface area contributed by atoms with Crippen molar-refractivity contribution in [2.45, 2.75) is 0 Å². The van der Waals surface area contributed by atoms with E-state index in [4.69, 9.17) is 0 Å². The minimum Gasteiger partial charge on any atom is -0.309 e. The Morgan fingerprint density at radius 3 is 1.38 bits per heavy atom.